The second kappa shape index (κ2) is 5.13. The van der Waals surface area contributed by atoms with Crippen LogP contribution in [0.15, 0.2) is 0 Å². The van der Waals surface area contributed by atoms with Gasteiger partial charge in [-0.25, -0.2) is 0 Å². The van der Waals surface area contributed by atoms with Crippen LogP contribution in [0.25, 0.3) is 0 Å². The van der Waals surface area contributed by atoms with Crippen LogP contribution in [0.1, 0.15) is 52.9 Å². The molecule has 18 heavy (non-hydrogen) atoms. The maximum atomic E-state index is 3.76. The summed E-state index contributed by atoms with van der Waals surface area (Å²) < 4.78 is 0. The lowest BCUT2D eigenvalue weighted by Crippen LogP contribution is -2.61. The van der Waals surface area contributed by atoms with Crippen molar-refractivity contribution in [1.82, 2.24) is 10.2 Å². The summed E-state index contributed by atoms with van der Waals surface area (Å²) in [6.07, 6.45) is 7.31. The first-order chi connectivity index (χ1) is 8.70. The summed E-state index contributed by atoms with van der Waals surface area (Å²) in [6.45, 7) is 9.66. The molecule has 2 atom stereocenters. The highest BCUT2D eigenvalue weighted by molar-refractivity contribution is 5.02. The highest BCUT2D eigenvalue weighted by atomic mass is 15.3. The topological polar surface area (TPSA) is 15.3 Å². The van der Waals surface area contributed by atoms with E-state index in [2.05, 4.69) is 31.0 Å². The van der Waals surface area contributed by atoms with E-state index >= 15 is 0 Å². The number of rotatable bonds is 5. The highest BCUT2D eigenvalue weighted by Gasteiger charge is 2.47. The Kier molecular flexibility index (Phi) is 3.68. The molecule has 0 aromatic carbocycles. The third-order valence-electron chi connectivity index (χ3n) is 5.33. The minimum absolute atomic E-state index is 0.736. The van der Waals surface area contributed by atoms with Crippen molar-refractivity contribution in [2.75, 3.05) is 13.1 Å². The number of nitrogens with zero attached hydrogens (tertiary/aromatic N) is 1. The first-order valence-electron chi connectivity index (χ1n) is 8.19. The van der Waals surface area contributed by atoms with E-state index in [0.29, 0.717) is 0 Å². The average Bonchev–Trinajstić information content (AvgIpc) is 3.22. The Hall–Kier alpha value is -0.0800. The van der Waals surface area contributed by atoms with Crippen molar-refractivity contribution in [3.63, 3.8) is 0 Å². The second-order valence-corrected chi connectivity index (χ2v) is 7.19. The molecule has 2 heteroatoms. The smallest absolute Gasteiger partial charge is 0.0247 e. The van der Waals surface area contributed by atoms with Crippen molar-refractivity contribution in [2.24, 2.45) is 17.8 Å². The van der Waals surface area contributed by atoms with E-state index in [1.165, 1.54) is 45.2 Å². The summed E-state index contributed by atoms with van der Waals surface area (Å²) in [5.41, 5.74) is 0. The molecule has 0 bridgehead atoms. The lowest BCUT2D eigenvalue weighted by Gasteiger charge is -2.47. The van der Waals surface area contributed by atoms with Gasteiger partial charge in [-0.1, -0.05) is 20.8 Å². The monoisotopic (exact) mass is 250 g/mol. The summed E-state index contributed by atoms with van der Waals surface area (Å²) in [4.78, 5) is 2.94. The van der Waals surface area contributed by atoms with Gasteiger partial charge in [0.15, 0.2) is 0 Å². The van der Waals surface area contributed by atoms with Crippen molar-refractivity contribution in [3.05, 3.63) is 0 Å². The maximum Gasteiger partial charge on any atom is 0.0247 e. The molecule has 1 N–H and O–H groups in total. The zero-order valence-corrected chi connectivity index (χ0v) is 12.4. The van der Waals surface area contributed by atoms with Gasteiger partial charge in [0.25, 0.3) is 0 Å². The molecule has 2 unspecified atom stereocenters. The van der Waals surface area contributed by atoms with Crippen LogP contribution in [0.2, 0.25) is 0 Å². The van der Waals surface area contributed by atoms with Crippen molar-refractivity contribution in [3.8, 4) is 0 Å². The molecule has 1 saturated heterocycles. The van der Waals surface area contributed by atoms with Gasteiger partial charge in [0.2, 0.25) is 0 Å². The van der Waals surface area contributed by atoms with Gasteiger partial charge in [-0.15, -0.1) is 0 Å². The van der Waals surface area contributed by atoms with Gasteiger partial charge in [-0.3, -0.25) is 4.90 Å². The van der Waals surface area contributed by atoms with E-state index in [1.807, 2.05) is 0 Å². The lowest BCUT2D eigenvalue weighted by molar-refractivity contribution is 0.0354. The molecule has 3 fully saturated rings. The van der Waals surface area contributed by atoms with E-state index in [9.17, 15) is 0 Å². The van der Waals surface area contributed by atoms with Crippen LogP contribution in [0.3, 0.4) is 0 Å². The van der Waals surface area contributed by atoms with Crippen LogP contribution in [0.4, 0.5) is 0 Å². The molecular weight excluding hydrogens is 220 g/mol. The predicted molar refractivity (Wildman–Crippen MR) is 76.6 cm³/mol. The standard InChI is InChI=1S/C16H30N2/c1-4-14-10-18(15(9-17-14)11(2)3)16(12-5-6-12)13-7-8-13/h11-17H,4-10H2,1-3H3. The van der Waals surface area contributed by atoms with E-state index in [4.69, 9.17) is 0 Å². The maximum absolute atomic E-state index is 3.76. The van der Waals surface area contributed by atoms with Crippen molar-refractivity contribution < 1.29 is 0 Å². The quantitative estimate of drug-likeness (QED) is 0.807. The van der Waals surface area contributed by atoms with Crippen LogP contribution in [-0.2, 0) is 0 Å². The summed E-state index contributed by atoms with van der Waals surface area (Å²) in [6, 6.07) is 2.45. The van der Waals surface area contributed by atoms with Crippen molar-refractivity contribution in [1.29, 1.82) is 0 Å². The summed E-state index contributed by atoms with van der Waals surface area (Å²) in [5, 5.41) is 3.76. The second-order valence-electron chi connectivity index (χ2n) is 7.19. The zero-order valence-electron chi connectivity index (χ0n) is 12.4. The molecule has 0 radical (unpaired) electrons. The molecule has 0 aromatic rings. The first kappa shape index (κ1) is 12.9. The van der Waals surface area contributed by atoms with Crippen LogP contribution in [0, 0.1) is 17.8 Å². The molecule has 3 aliphatic rings. The number of nitrogens with one attached hydrogen (secondary N) is 1. The Morgan fingerprint density at radius 1 is 1.11 bits per heavy atom. The summed E-state index contributed by atoms with van der Waals surface area (Å²) in [7, 11) is 0. The zero-order chi connectivity index (χ0) is 12.7. The lowest BCUT2D eigenvalue weighted by atomic mass is 9.92. The Bertz CT molecular complexity index is 269. The summed E-state index contributed by atoms with van der Waals surface area (Å²) in [5.74, 6) is 2.89. The molecule has 0 aromatic heterocycles. The van der Waals surface area contributed by atoms with Gasteiger partial charge in [0, 0.05) is 31.2 Å². The van der Waals surface area contributed by atoms with Gasteiger partial charge >= 0.3 is 0 Å². The van der Waals surface area contributed by atoms with E-state index in [1.54, 1.807) is 0 Å². The largest absolute Gasteiger partial charge is 0.311 e. The molecule has 2 nitrogen and oxygen atoms in total. The molecule has 1 heterocycles. The van der Waals surface area contributed by atoms with E-state index in [0.717, 1.165) is 35.9 Å². The minimum atomic E-state index is 0.736. The van der Waals surface area contributed by atoms with E-state index < -0.39 is 0 Å². The number of hydrogen-bond acceptors (Lipinski definition) is 2. The van der Waals surface area contributed by atoms with Gasteiger partial charge in [0.05, 0.1) is 0 Å². The first-order valence-corrected chi connectivity index (χ1v) is 8.19. The molecular formula is C16H30N2. The Labute approximate surface area is 113 Å². The van der Waals surface area contributed by atoms with Gasteiger partial charge < -0.3 is 5.32 Å². The molecule has 3 rings (SSSR count). The molecule has 1 aliphatic heterocycles. The molecule has 0 spiro atoms. The minimum Gasteiger partial charge on any atom is -0.311 e. The third-order valence-corrected chi connectivity index (χ3v) is 5.33. The molecule has 104 valence electrons. The fourth-order valence-electron chi connectivity index (χ4n) is 3.90. The van der Waals surface area contributed by atoms with Gasteiger partial charge in [-0.2, -0.15) is 0 Å². The third kappa shape index (κ3) is 2.60. The SMILES string of the molecule is CCC1CN(C(C2CC2)C2CC2)C(C(C)C)CN1. The van der Waals surface area contributed by atoms with Crippen LogP contribution >= 0.6 is 0 Å². The highest BCUT2D eigenvalue weighted by Crippen LogP contribution is 2.48. The van der Waals surface area contributed by atoms with Crippen LogP contribution in [-0.4, -0.2) is 36.1 Å². The molecule has 0 amide bonds. The number of piperazine rings is 1. The Morgan fingerprint density at radius 3 is 2.17 bits per heavy atom. The fraction of sp³-hybridized carbons (Fsp3) is 1.00. The van der Waals surface area contributed by atoms with Crippen molar-refractivity contribution in [2.45, 2.75) is 71.0 Å². The van der Waals surface area contributed by atoms with Gasteiger partial charge in [0.1, 0.15) is 0 Å². The molecule has 2 aliphatic carbocycles. The van der Waals surface area contributed by atoms with E-state index in [-0.39, 0.29) is 0 Å². The Morgan fingerprint density at radius 2 is 1.72 bits per heavy atom. The predicted octanol–water partition coefficient (Wildman–Crippen LogP) is 2.88. The average molecular weight is 250 g/mol. The van der Waals surface area contributed by atoms with Gasteiger partial charge in [-0.05, 0) is 49.9 Å². The number of hydrogen-bond donors (Lipinski definition) is 1. The molecule has 2 saturated carbocycles. The summed E-state index contributed by atoms with van der Waals surface area (Å²) >= 11 is 0. The Balaban J connectivity index is 1.74. The van der Waals surface area contributed by atoms with Crippen molar-refractivity contribution >= 4 is 0 Å². The van der Waals surface area contributed by atoms with Crippen LogP contribution < -0.4 is 5.32 Å². The normalized spacial score (nSPS) is 34.5. The fourth-order valence-corrected chi connectivity index (χ4v) is 3.90. The van der Waals surface area contributed by atoms with Crippen LogP contribution in [0.5, 0.6) is 0 Å².